The molecule has 5 heteroatoms. The van der Waals surface area contributed by atoms with Gasteiger partial charge in [0.15, 0.2) is 5.58 Å². The highest BCUT2D eigenvalue weighted by Gasteiger charge is 2.17. The van der Waals surface area contributed by atoms with Crippen LogP contribution < -0.4 is 5.56 Å². The monoisotopic (exact) mass is 346 g/mol. The second kappa shape index (κ2) is 6.61. The van der Waals surface area contributed by atoms with Gasteiger partial charge in [0, 0.05) is 25.8 Å². The van der Waals surface area contributed by atoms with Crippen LogP contribution in [0.25, 0.3) is 33.5 Å². The van der Waals surface area contributed by atoms with Crippen LogP contribution >= 0.6 is 0 Å². The van der Waals surface area contributed by atoms with E-state index in [0.29, 0.717) is 23.3 Å². The second-order valence-corrected chi connectivity index (χ2v) is 6.16. The molecule has 130 valence electrons. The normalized spacial score (nSPS) is 11.2. The molecule has 0 amide bonds. The van der Waals surface area contributed by atoms with Crippen LogP contribution in [0.15, 0.2) is 70.0 Å². The first kappa shape index (κ1) is 16.3. The van der Waals surface area contributed by atoms with Crippen molar-refractivity contribution in [3.8, 4) is 22.5 Å². The molecule has 5 nitrogen and oxygen atoms in total. The Morgan fingerprint density at radius 1 is 1.04 bits per heavy atom. The van der Waals surface area contributed by atoms with Crippen molar-refractivity contribution in [2.75, 3.05) is 7.11 Å². The molecule has 0 fully saturated rings. The van der Waals surface area contributed by atoms with Crippen LogP contribution in [-0.4, -0.2) is 16.8 Å². The highest BCUT2D eigenvalue weighted by atomic mass is 16.5. The fourth-order valence-electron chi connectivity index (χ4n) is 3.11. The Morgan fingerprint density at radius 3 is 2.46 bits per heavy atom. The van der Waals surface area contributed by atoms with Crippen LogP contribution in [0.3, 0.4) is 0 Å². The van der Waals surface area contributed by atoms with Crippen molar-refractivity contribution in [1.29, 1.82) is 0 Å². The molecule has 0 spiro atoms. The van der Waals surface area contributed by atoms with E-state index in [1.54, 1.807) is 18.7 Å². The lowest BCUT2D eigenvalue weighted by molar-refractivity contribution is 0.185. The number of nitrogens with zero attached hydrogens (tertiary/aromatic N) is 2. The van der Waals surface area contributed by atoms with Gasteiger partial charge < -0.3 is 13.8 Å². The summed E-state index contributed by atoms with van der Waals surface area (Å²) in [6.07, 6.45) is 0. The minimum atomic E-state index is -0.126. The molecule has 0 unspecified atom stereocenters. The van der Waals surface area contributed by atoms with Crippen LogP contribution in [0.5, 0.6) is 0 Å². The van der Waals surface area contributed by atoms with Gasteiger partial charge in [-0.3, -0.25) is 4.79 Å². The quantitative estimate of drug-likeness (QED) is 0.560. The van der Waals surface area contributed by atoms with Gasteiger partial charge in [0.2, 0.25) is 0 Å². The molecule has 0 aliphatic heterocycles. The number of hydrogen-bond donors (Lipinski definition) is 0. The number of pyridine rings is 1. The van der Waals surface area contributed by atoms with E-state index in [9.17, 15) is 4.79 Å². The van der Waals surface area contributed by atoms with Crippen LogP contribution in [0.4, 0.5) is 0 Å². The Kier molecular flexibility index (Phi) is 4.14. The maximum Gasteiger partial charge on any atom is 0.264 e. The molecule has 4 aromatic rings. The largest absolute Gasteiger partial charge is 0.380 e. The molecule has 0 radical (unpaired) electrons. The molecule has 0 saturated carbocycles. The average molecular weight is 346 g/mol. The van der Waals surface area contributed by atoms with Crippen molar-refractivity contribution < 1.29 is 9.26 Å². The third-order valence-corrected chi connectivity index (χ3v) is 4.47. The van der Waals surface area contributed by atoms with E-state index in [-0.39, 0.29) is 5.56 Å². The summed E-state index contributed by atoms with van der Waals surface area (Å²) in [5.74, 6) is 0. The first-order valence-electron chi connectivity index (χ1n) is 8.32. The summed E-state index contributed by atoms with van der Waals surface area (Å²) in [6, 6.07) is 19.4. The second-order valence-electron chi connectivity index (χ2n) is 6.16. The molecular weight excluding hydrogens is 328 g/mol. The minimum absolute atomic E-state index is 0.126. The van der Waals surface area contributed by atoms with Gasteiger partial charge in [0.1, 0.15) is 11.1 Å². The molecule has 0 aliphatic rings. The summed E-state index contributed by atoms with van der Waals surface area (Å²) < 4.78 is 12.3. The molecule has 2 heterocycles. The van der Waals surface area contributed by atoms with Crippen molar-refractivity contribution in [2.45, 2.75) is 6.61 Å². The lowest BCUT2D eigenvalue weighted by Gasteiger charge is -2.09. The first-order chi connectivity index (χ1) is 12.7. The van der Waals surface area contributed by atoms with Gasteiger partial charge in [-0.1, -0.05) is 59.8 Å². The predicted octanol–water partition coefficient (Wildman–Crippen LogP) is 4.01. The lowest BCUT2D eigenvalue weighted by Crippen LogP contribution is -2.18. The van der Waals surface area contributed by atoms with E-state index in [1.165, 1.54) is 0 Å². The van der Waals surface area contributed by atoms with Crippen LogP contribution in [0.1, 0.15) is 5.56 Å². The van der Waals surface area contributed by atoms with Crippen molar-refractivity contribution in [3.63, 3.8) is 0 Å². The molecule has 0 N–H and O–H groups in total. The first-order valence-corrected chi connectivity index (χ1v) is 8.32. The van der Waals surface area contributed by atoms with Gasteiger partial charge in [-0.15, -0.1) is 0 Å². The van der Waals surface area contributed by atoms with Gasteiger partial charge in [0.25, 0.3) is 5.56 Å². The summed E-state index contributed by atoms with van der Waals surface area (Å²) in [4.78, 5) is 13.0. The Labute approximate surface area is 150 Å². The smallest absolute Gasteiger partial charge is 0.264 e. The van der Waals surface area contributed by atoms with Gasteiger partial charge in [-0.2, -0.15) is 0 Å². The summed E-state index contributed by atoms with van der Waals surface area (Å²) in [5.41, 5.74) is 4.59. The highest BCUT2D eigenvalue weighted by Crippen LogP contribution is 2.28. The number of rotatable bonds is 4. The summed E-state index contributed by atoms with van der Waals surface area (Å²) >= 11 is 0. The predicted molar refractivity (Wildman–Crippen MR) is 101 cm³/mol. The maximum atomic E-state index is 13.0. The minimum Gasteiger partial charge on any atom is -0.380 e. The number of hydrogen-bond acceptors (Lipinski definition) is 4. The molecule has 0 atom stereocenters. The van der Waals surface area contributed by atoms with E-state index in [1.807, 2.05) is 60.7 Å². The van der Waals surface area contributed by atoms with Crippen LogP contribution in [0, 0.1) is 0 Å². The summed E-state index contributed by atoms with van der Waals surface area (Å²) in [5, 5.41) is 4.63. The molecule has 26 heavy (non-hydrogen) atoms. The third kappa shape index (κ3) is 2.72. The SMILES string of the molecule is COCc1ccc(-c2cc3onc(-c4ccccc4)c3c(=O)n2C)cc1. The molecule has 0 bridgehead atoms. The Morgan fingerprint density at radius 2 is 1.77 bits per heavy atom. The zero-order valence-electron chi connectivity index (χ0n) is 14.6. The fourth-order valence-corrected chi connectivity index (χ4v) is 3.11. The lowest BCUT2D eigenvalue weighted by atomic mass is 10.1. The number of methoxy groups -OCH3 is 1. The van der Waals surface area contributed by atoms with Gasteiger partial charge >= 0.3 is 0 Å². The van der Waals surface area contributed by atoms with Crippen molar-refractivity contribution in [2.24, 2.45) is 7.05 Å². The topological polar surface area (TPSA) is 57.3 Å². The Bertz CT molecular complexity index is 1110. The highest BCUT2D eigenvalue weighted by molar-refractivity contribution is 5.92. The number of aromatic nitrogens is 2. The third-order valence-electron chi connectivity index (χ3n) is 4.47. The van der Waals surface area contributed by atoms with Crippen molar-refractivity contribution in [3.05, 3.63) is 76.6 Å². The van der Waals surface area contributed by atoms with E-state index in [4.69, 9.17) is 9.26 Å². The maximum absolute atomic E-state index is 13.0. The van der Waals surface area contributed by atoms with Crippen LogP contribution in [0.2, 0.25) is 0 Å². The van der Waals surface area contributed by atoms with E-state index in [2.05, 4.69) is 5.16 Å². The number of fused-ring (bicyclic) bond motifs is 1. The van der Waals surface area contributed by atoms with Crippen molar-refractivity contribution in [1.82, 2.24) is 9.72 Å². The van der Waals surface area contributed by atoms with Gasteiger partial charge in [-0.05, 0) is 11.1 Å². The standard InChI is InChI=1S/C21H18N2O3/c1-23-17(15-10-8-14(9-11-15)13-25-2)12-18-19(21(23)24)20(22-26-18)16-6-4-3-5-7-16/h3-12H,13H2,1-2H3. The Balaban J connectivity index is 1.86. The van der Waals surface area contributed by atoms with Gasteiger partial charge in [0.05, 0.1) is 12.3 Å². The van der Waals surface area contributed by atoms with Gasteiger partial charge in [-0.25, -0.2) is 0 Å². The molecule has 2 aromatic heterocycles. The average Bonchev–Trinajstić information content (AvgIpc) is 3.10. The molecule has 4 rings (SSSR count). The molecule has 2 aromatic carbocycles. The molecule has 0 aliphatic carbocycles. The summed E-state index contributed by atoms with van der Waals surface area (Å²) in [6.45, 7) is 0.556. The van der Waals surface area contributed by atoms with E-state index < -0.39 is 0 Å². The Hall–Kier alpha value is -3.18. The van der Waals surface area contributed by atoms with E-state index in [0.717, 1.165) is 22.4 Å². The molecular formula is C21H18N2O3. The fraction of sp³-hybridized carbons (Fsp3) is 0.143. The van der Waals surface area contributed by atoms with Crippen LogP contribution in [-0.2, 0) is 18.4 Å². The van der Waals surface area contributed by atoms with E-state index >= 15 is 0 Å². The molecule has 0 saturated heterocycles. The number of ether oxygens (including phenoxy) is 1. The summed E-state index contributed by atoms with van der Waals surface area (Å²) in [7, 11) is 3.43. The zero-order valence-corrected chi connectivity index (χ0v) is 14.6. The zero-order chi connectivity index (χ0) is 18.1. The van der Waals surface area contributed by atoms with Crippen molar-refractivity contribution >= 4 is 11.0 Å². The number of benzene rings is 2.